The minimum atomic E-state index is -0.540. The highest BCUT2D eigenvalue weighted by molar-refractivity contribution is 5.87. The van der Waals surface area contributed by atoms with Gasteiger partial charge in [-0.2, -0.15) is 5.26 Å². The topological polar surface area (TPSA) is 63.2 Å². The zero-order chi connectivity index (χ0) is 14.8. The van der Waals surface area contributed by atoms with E-state index >= 15 is 0 Å². The van der Waals surface area contributed by atoms with Crippen LogP contribution < -0.4 is 4.74 Å². The van der Waals surface area contributed by atoms with E-state index < -0.39 is 5.82 Å². The number of ether oxygens (including phenoxy) is 1. The van der Waals surface area contributed by atoms with Crippen molar-refractivity contribution in [2.45, 2.75) is 0 Å². The number of hydrogen-bond donors (Lipinski definition) is 0. The van der Waals surface area contributed by atoms with E-state index in [0.29, 0.717) is 17.3 Å². The molecule has 0 radical (unpaired) electrons. The first kappa shape index (κ1) is 12.9. The van der Waals surface area contributed by atoms with Crippen LogP contribution in [-0.4, -0.2) is 6.29 Å². The second kappa shape index (κ2) is 5.10. The van der Waals surface area contributed by atoms with Gasteiger partial charge in [0.25, 0.3) is 0 Å². The van der Waals surface area contributed by atoms with E-state index in [4.69, 9.17) is 14.4 Å². The summed E-state index contributed by atoms with van der Waals surface area (Å²) in [5, 5.41) is 9.72. The Kier molecular flexibility index (Phi) is 3.13. The molecule has 4 nitrogen and oxygen atoms in total. The van der Waals surface area contributed by atoms with Gasteiger partial charge in [-0.15, -0.1) is 0 Å². The van der Waals surface area contributed by atoms with Crippen LogP contribution in [-0.2, 0) is 0 Å². The van der Waals surface area contributed by atoms with Crippen molar-refractivity contribution in [2.24, 2.45) is 0 Å². The summed E-state index contributed by atoms with van der Waals surface area (Å²) in [5.41, 5.74) is 0.558. The zero-order valence-electron chi connectivity index (χ0n) is 10.7. The van der Waals surface area contributed by atoms with Crippen molar-refractivity contribution in [3.8, 4) is 17.6 Å². The number of aldehydes is 1. The number of nitriles is 1. The molecule has 1 aromatic heterocycles. The molecule has 0 atom stereocenters. The quantitative estimate of drug-likeness (QED) is 0.679. The number of carbonyl (C=O) groups excluding carboxylic acids is 1. The van der Waals surface area contributed by atoms with Gasteiger partial charge in [0.05, 0.1) is 10.9 Å². The summed E-state index contributed by atoms with van der Waals surface area (Å²) in [6.45, 7) is 0. The van der Waals surface area contributed by atoms with Gasteiger partial charge in [0.1, 0.15) is 23.2 Å². The third-order valence-corrected chi connectivity index (χ3v) is 2.96. The van der Waals surface area contributed by atoms with Crippen molar-refractivity contribution in [1.29, 1.82) is 5.26 Å². The Bertz CT molecular complexity index is 877. The molecular weight excluding hydrogens is 273 g/mol. The molecule has 0 spiro atoms. The van der Waals surface area contributed by atoms with Crippen molar-refractivity contribution in [2.75, 3.05) is 0 Å². The SMILES string of the molecule is N#Cc1oc2ccccc2c1Oc1ccc(F)cc1C=O. The predicted molar refractivity (Wildman–Crippen MR) is 72.8 cm³/mol. The van der Waals surface area contributed by atoms with Crippen molar-refractivity contribution >= 4 is 17.3 Å². The molecule has 0 unspecified atom stereocenters. The first-order chi connectivity index (χ1) is 10.2. The molecule has 3 rings (SSSR count). The number of rotatable bonds is 3. The molecule has 0 aliphatic rings. The fraction of sp³-hybridized carbons (Fsp3) is 0. The van der Waals surface area contributed by atoms with E-state index in [1.165, 1.54) is 12.1 Å². The van der Waals surface area contributed by atoms with E-state index in [1.54, 1.807) is 24.3 Å². The van der Waals surface area contributed by atoms with Crippen LogP contribution in [0.2, 0.25) is 0 Å². The number of carbonyl (C=O) groups is 1. The smallest absolute Gasteiger partial charge is 0.247 e. The number of furan rings is 1. The van der Waals surface area contributed by atoms with Crippen LogP contribution >= 0.6 is 0 Å². The number of nitrogens with zero attached hydrogens (tertiary/aromatic N) is 1. The molecule has 3 aromatic rings. The van der Waals surface area contributed by atoms with Crippen LogP contribution in [0.15, 0.2) is 46.9 Å². The zero-order valence-corrected chi connectivity index (χ0v) is 10.7. The lowest BCUT2D eigenvalue weighted by Gasteiger charge is -2.06. The summed E-state index contributed by atoms with van der Waals surface area (Å²) < 4.78 is 24.1. The Hall–Kier alpha value is -3.13. The monoisotopic (exact) mass is 281 g/mol. The first-order valence-corrected chi connectivity index (χ1v) is 6.07. The van der Waals surface area contributed by atoms with Crippen LogP contribution in [0.25, 0.3) is 11.0 Å². The van der Waals surface area contributed by atoms with Gasteiger partial charge in [-0.25, -0.2) is 4.39 Å². The highest BCUT2D eigenvalue weighted by Crippen LogP contribution is 2.36. The van der Waals surface area contributed by atoms with Gasteiger partial charge in [-0.3, -0.25) is 4.79 Å². The lowest BCUT2D eigenvalue weighted by molar-refractivity contribution is 0.112. The van der Waals surface area contributed by atoms with Gasteiger partial charge >= 0.3 is 0 Å². The maximum absolute atomic E-state index is 13.1. The van der Waals surface area contributed by atoms with Crippen LogP contribution in [0.5, 0.6) is 11.5 Å². The second-order valence-electron chi connectivity index (χ2n) is 4.27. The normalized spacial score (nSPS) is 10.3. The first-order valence-electron chi connectivity index (χ1n) is 6.07. The van der Waals surface area contributed by atoms with Crippen LogP contribution in [0, 0.1) is 17.1 Å². The predicted octanol–water partition coefficient (Wildman–Crippen LogP) is 4.05. The summed E-state index contributed by atoms with van der Waals surface area (Å²) >= 11 is 0. The van der Waals surface area contributed by atoms with Gasteiger partial charge < -0.3 is 9.15 Å². The van der Waals surface area contributed by atoms with Gasteiger partial charge in [0.2, 0.25) is 5.76 Å². The van der Waals surface area contributed by atoms with E-state index in [1.807, 2.05) is 6.07 Å². The summed E-state index contributed by atoms with van der Waals surface area (Å²) in [6, 6.07) is 12.5. The molecule has 0 N–H and O–H groups in total. The van der Waals surface area contributed by atoms with E-state index in [2.05, 4.69) is 0 Å². The van der Waals surface area contributed by atoms with Crippen LogP contribution in [0.3, 0.4) is 0 Å². The lowest BCUT2D eigenvalue weighted by atomic mass is 10.2. The molecular formula is C16H8FNO3. The lowest BCUT2D eigenvalue weighted by Crippen LogP contribution is -1.92. The second-order valence-corrected chi connectivity index (χ2v) is 4.27. The Morgan fingerprint density at radius 1 is 1.24 bits per heavy atom. The highest BCUT2D eigenvalue weighted by Gasteiger charge is 2.17. The molecule has 0 aliphatic carbocycles. The van der Waals surface area contributed by atoms with Gasteiger partial charge in [0.15, 0.2) is 12.0 Å². The molecule has 2 aromatic carbocycles. The maximum atomic E-state index is 13.1. The maximum Gasteiger partial charge on any atom is 0.247 e. The van der Waals surface area contributed by atoms with Crippen molar-refractivity contribution in [3.05, 3.63) is 59.6 Å². The molecule has 0 bridgehead atoms. The largest absolute Gasteiger partial charge is 0.451 e. The molecule has 5 heteroatoms. The minimum Gasteiger partial charge on any atom is -0.451 e. The standard InChI is InChI=1S/C16H8FNO3/c17-11-5-6-13(10(7-11)9-19)21-16-12-3-1-2-4-14(12)20-15(16)8-18/h1-7,9H. The van der Waals surface area contributed by atoms with Crippen LogP contribution in [0.1, 0.15) is 16.1 Å². The number of halogens is 1. The van der Waals surface area contributed by atoms with Gasteiger partial charge in [-0.1, -0.05) is 12.1 Å². The Balaban J connectivity index is 2.14. The number of fused-ring (bicyclic) bond motifs is 1. The molecule has 0 saturated heterocycles. The van der Waals surface area contributed by atoms with E-state index in [-0.39, 0.29) is 22.8 Å². The third-order valence-electron chi connectivity index (χ3n) is 2.96. The Labute approximate surface area is 119 Å². The van der Waals surface area contributed by atoms with Crippen molar-refractivity contribution < 1.29 is 18.3 Å². The molecule has 102 valence electrons. The molecule has 21 heavy (non-hydrogen) atoms. The van der Waals surface area contributed by atoms with Crippen molar-refractivity contribution in [3.63, 3.8) is 0 Å². The fourth-order valence-electron chi connectivity index (χ4n) is 2.01. The molecule has 1 heterocycles. The average Bonchev–Trinajstić information content (AvgIpc) is 2.87. The van der Waals surface area contributed by atoms with Gasteiger partial charge in [-0.05, 0) is 30.3 Å². The van der Waals surface area contributed by atoms with E-state index in [9.17, 15) is 9.18 Å². The molecule has 0 fully saturated rings. The highest BCUT2D eigenvalue weighted by atomic mass is 19.1. The minimum absolute atomic E-state index is 0.00243. The summed E-state index contributed by atoms with van der Waals surface area (Å²) in [6.07, 6.45) is 0.493. The summed E-state index contributed by atoms with van der Waals surface area (Å²) in [4.78, 5) is 11.0. The van der Waals surface area contributed by atoms with Gasteiger partial charge in [0, 0.05) is 0 Å². The number of para-hydroxylation sites is 1. The molecule has 0 aliphatic heterocycles. The van der Waals surface area contributed by atoms with E-state index in [0.717, 1.165) is 6.07 Å². The molecule has 0 amide bonds. The Morgan fingerprint density at radius 3 is 2.81 bits per heavy atom. The molecule has 0 saturated carbocycles. The Morgan fingerprint density at radius 2 is 2.05 bits per heavy atom. The van der Waals surface area contributed by atoms with Crippen LogP contribution in [0.4, 0.5) is 4.39 Å². The average molecular weight is 281 g/mol. The summed E-state index contributed by atoms with van der Waals surface area (Å²) in [5.74, 6) is -0.170. The van der Waals surface area contributed by atoms with Crippen molar-refractivity contribution in [1.82, 2.24) is 0 Å². The number of hydrogen-bond acceptors (Lipinski definition) is 4. The summed E-state index contributed by atoms with van der Waals surface area (Å²) in [7, 11) is 0. The fourth-order valence-corrected chi connectivity index (χ4v) is 2.01. The third kappa shape index (κ3) is 2.23. The number of benzene rings is 2.